The summed E-state index contributed by atoms with van der Waals surface area (Å²) in [5, 5.41) is 41.2. The van der Waals surface area contributed by atoms with Gasteiger partial charge in [-0.3, -0.25) is 29.1 Å². The lowest BCUT2D eigenvalue weighted by Gasteiger charge is -2.42. The fraction of sp³-hybridized carbons (Fsp3) is 0.382. The summed E-state index contributed by atoms with van der Waals surface area (Å²) in [4.78, 5) is 62.8. The molecule has 0 saturated heterocycles. The van der Waals surface area contributed by atoms with Crippen LogP contribution in [-0.4, -0.2) is 113 Å². The number of aromatic nitrogens is 2. The van der Waals surface area contributed by atoms with Crippen molar-refractivity contribution >= 4 is 53.8 Å². The van der Waals surface area contributed by atoms with Gasteiger partial charge in [-0.2, -0.15) is 0 Å². The highest BCUT2D eigenvalue weighted by Gasteiger charge is 2.49. The molecule has 4 heterocycles. The number of hydrogen-bond acceptors (Lipinski definition) is 11. The Labute approximate surface area is 425 Å². The average molecular weight is 1020 g/mol. The smallest absolute Gasteiger partial charge is 0.307 e. The molecule has 0 fully saturated rings. The van der Waals surface area contributed by atoms with Crippen LogP contribution in [0, 0.1) is 11.6 Å². The number of hydrogen-bond donors (Lipinski definition) is 6. The first kappa shape index (κ1) is 55.5. The first-order valence-electron chi connectivity index (χ1n) is 24.4. The number of aliphatic hydroxyl groups excluding tert-OH is 2. The number of fused-ring (bicyclic) bond motifs is 4. The maximum Gasteiger partial charge on any atom is 0.307 e. The number of carboxylic acids is 1. The molecule has 2 aliphatic heterocycles. The number of phenolic OH excluding ortho intramolecular Hbond substituents is 1. The Morgan fingerprint density at radius 1 is 0.712 bits per heavy atom. The number of carboxylic acid groups (broad SMARTS) is 1. The highest BCUT2D eigenvalue weighted by atomic mass is 28.4. The first-order valence-corrected chi connectivity index (χ1v) is 26.5. The number of aliphatic hydroxyl groups is 2. The Morgan fingerprint density at radius 2 is 1.15 bits per heavy atom. The van der Waals surface area contributed by atoms with Crippen LogP contribution in [0.5, 0.6) is 11.5 Å². The molecule has 0 unspecified atom stereocenters. The summed E-state index contributed by atoms with van der Waals surface area (Å²) in [7, 11) is 0.891. The van der Waals surface area contributed by atoms with Crippen molar-refractivity contribution in [3.8, 4) is 11.5 Å². The number of phenols is 1. The van der Waals surface area contributed by atoms with Crippen LogP contribution in [0.15, 0.2) is 73.1 Å². The van der Waals surface area contributed by atoms with Gasteiger partial charge in [-0.1, -0.05) is 65.8 Å². The highest BCUT2D eigenvalue weighted by Crippen LogP contribution is 2.48. The van der Waals surface area contributed by atoms with Crippen molar-refractivity contribution in [3.63, 3.8) is 0 Å². The van der Waals surface area contributed by atoms with E-state index >= 15 is 0 Å². The van der Waals surface area contributed by atoms with Crippen molar-refractivity contribution in [2.45, 2.75) is 96.9 Å². The molecule has 3 amide bonds. The fourth-order valence-corrected chi connectivity index (χ4v) is 15.5. The van der Waals surface area contributed by atoms with Crippen LogP contribution >= 0.6 is 0 Å². The third kappa shape index (κ3) is 12.0. The normalized spacial score (nSPS) is 13.1. The number of pyridine rings is 2. The third-order valence-corrected chi connectivity index (χ3v) is 19.5. The first-order chi connectivity index (χ1) is 34.7. The van der Waals surface area contributed by atoms with E-state index in [1.54, 1.807) is 55.7 Å². The van der Waals surface area contributed by atoms with E-state index in [4.69, 9.17) is 25.4 Å². The zero-order chi connectivity index (χ0) is 53.5. The second-order valence-corrected chi connectivity index (χ2v) is 24.9. The standard InChI is InChI=1S/C30H37FN2O4Si.C23H22FN3O4.C2H7NO/c1-17(2)38(18(3)4,19(5)6)37-29-27-25(16-33(7)30(27)36)23(14-26(34)35)24-13-21(15-32-28(24)29)12-20-8-10-22(31)11-9-20;1-27-12-18-16(10-19(29)25-6-7-28)17-9-14(8-13-2-4-15(24)5-3-13)11-26-21(17)22(30)20(18)23(27)31;3-1-2-4/h8-11,13,15,17-19H,12,14,16H2,1-7H3,(H,34,35);2-5,9,11,28,30H,6-8,10,12H2,1H3,(H,25,29);4H,1-3H2. The van der Waals surface area contributed by atoms with E-state index in [1.165, 1.54) is 29.2 Å². The molecule has 4 aromatic carbocycles. The average Bonchev–Trinajstić information content (AvgIpc) is 3.82. The van der Waals surface area contributed by atoms with Crippen molar-refractivity contribution in [1.29, 1.82) is 0 Å². The van der Waals surface area contributed by atoms with E-state index in [1.807, 2.05) is 12.1 Å². The minimum atomic E-state index is -2.47. The molecule has 388 valence electrons. The number of aliphatic carboxylic acids is 1. The van der Waals surface area contributed by atoms with Crippen LogP contribution in [0.3, 0.4) is 0 Å². The number of nitrogens with one attached hydrogen (secondary N) is 1. The summed E-state index contributed by atoms with van der Waals surface area (Å²) in [6.45, 7) is 14.2. The van der Waals surface area contributed by atoms with E-state index in [9.17, 15) is 38.2 Å². The highest BCUT2D eigenvalue weighted by molar-refractivity contribution is 6.78. The van der Waals surface area contributed by atoms with Gasteiger partial charge in [-0.15, -0.1) is 0 Å². The molecule has 7 N–H and O–H groups in total. The predicted molar refractivity (Wildman–Crippen MR) is 278 cm³/mol. The summed E-state index contributed by atoms with van der Waals surface area (Å²) in [5.41, 5.74) is 13.1. The molecule has 0 radical (unpaired) electrons. The number of benzene rings is 4. The lowest BCUT2D eigenvalue weighted by atomic mass is 9.93. The monoisotopic (exact) mass is 1020 g/mol. The minimum absolute atomic E-state index is 0.0120. The summed E-state index contributed by atoms with van der Waals surface area (Å²) in [6, 6.07) is 16.3. The molecule has 0 bridgehead atoms. The van der Waals surface area contributed by atoms with Gasteiger partial charge in [0.1, 0.15) is 28.4 Å². The number of carbonyl (C=O) groups is 4. The molecule has 8 rings (SSSR count). The number of amides is 3. The second kappa shape index (κ2) is 23.8. The van der Waals surface area contributed by atoms with Crippen LogP contribution < -0.4 is 15.5 Å². The van der Waals surface area contributed by atoms with Crippen molar-refractivity contribution in [3.05, 3.63) is 140 Å². The maximum absolute atomic E-state index is 13.5. The summed E-state index contributed by atoms with van der Waals surface area (Å²) < 4.78 is 33.8. The Kier molecular flexibility index (Phi) is 18.1. The number of aromatic hydroxyl groups is 1. The molecule has 18 heteroatoms. The van der Waals surface area contributed by atoms with Crippen molar-refractivity contribution < 1.29 is 52.8 Å². The van der Waals surface area contributed by atoms with Crippen molar-refractivity contribution in [1.82, 2.24) is 25.1 Å². The number of rotatable bonds is 16. The van der Waals surface area contributed by atoms with Crippen LogP contribution in [0.4, 0.5) is 8.78 Å². The molecule has 0 atom stereocenters. The van der Waals surface area contributed by atoms with Gasteiger partial charge >= 0.3 is 5.97 Å². The molecular weight excluding hydrogens is 955 g/mol. The maximum atomic E-state index is 13.5. The predicted octanol–water partition coefficient (Wildman–Crippen LogP) is 7.58. The summed E-state index contributed by atoms with van der Waals surface area (Å²) in [6.07, 6.45) is 4.14. The van der Waals surface area contributed by atoms with Crippen LogP contribution in [0.25, 0.3) is 21.8 Å². The van der Waals surface area contributed by atoms with Gasteiger partial charge in [0.05, 0.1) is 37.2 Å². The zero-order valence-electron chi connectivity index (χ0n) is 42.7. The van der Waals surface area contributed by atoms with Gasteiger partial charge in [-0.25, -0.2) is 8.78 Å². The van der Waals surface area contributed by atoms with Gasteiger partial charge in [-0.05, 0) is 110 Å². The SMILES string of the molecule is CC(C)[Si](Oc1c2c(c(CC(=O)O)c3cc(Cc4ccc(F)cc4)cnc13)CN(C)C2=O)(C(C)C)C(C)C.CN1Cc2c(c(O)c3ncc(Cc4ccc(F)cc4)cc3c2CC(=O)NCCO)C1=O.NCCO. The van der Waals surface area contributed by atoms with E-state index in [0.717, 1.165) is 22.3 Å². The molecule has 0 aliphatic carbocycles. The van der Waals surface area contributed by atoms with Gasteiger partial charge in [0.15, 0.2) is 5.75 Å². The third-order valence-electron chi connectivity index (χ3n) is 13.5. The Balaban J connectivity index is 0.000000226. The van der Waals surface area contributed by atoms with Crippen molar-refractivity contribution in [2.75, 3.05) is 40.4 Å². The molecule has 15 nitrogen and oxygen atoms in total. The quantitative estimate of drug-likeness (QED) is 0.0516. The molecule has 2 aromatic heterocycles. The Morgan fingerprint density at radius 3 is 1.60 bits per heavy atom. The number of nitrogens with zero attached hydrogens (tertiary/aromatic N) is 4. The van der Waals surface area contributed by atoms with E-state index in [0.29, 0.717) is 75.8 Å². The number of nitrogens with two attached hydrogens (primary N) is 1. The van der Waals surface area contributed by atoms with E-state index in [2.05, 4.69) is 51.8 Å². The lowest BCUT2D eigenvalue weighted by molar-refractivity contribution is -0.136. The van der Waals surface area contributed by atoms with Gasteiger partial charge in [0.2, 0.25) is 5.91 Å². The van der Waals surface area contributed by atoms with E-state index < -0.39 is 14.3 Å². The molecular formula is C55H66F2N6O9Si. The fourth-order valence-electron chi connectivity index (χ4n) is 10.3. The van der Waals surface area contributed by atoms with Crippen LogP contribution in [0.1, 0.15) is 107 Å². The molecule has 0 saturated carbocycles. The largest absolute Gasteiger partial charge is 0.541 e. The van der Waals surface area contributed by atoms with Gasteiger partial charge in [0.25, 0.3) is 20.1 Å². The minimum Gasteiger partial charge on any atom is -0.541 e. The molecule has 73 heavy (non-hydrogen) atoms. The lowest BCUT2D eigenvalue weighted by Crippen LogP contribution is -2.51. The summed E-state index contributed by atoms with van der Waals surface area (Å²) >= 11 is 0. The molecule has 0 spiro atoms. The van der Waals surface area contributed by atoms with Crippen LogP contribution in [0.2, 0.25) is 16.6 Å². The van der Waals surface area contributed by atoms with E-state index in [-0.39, 0.29) is 102 Å². The number of carbonyl (C=O) groups excluding carboxylic acids is 3. The van der Waals surface area contributed by atoms with Crippen molar-refractivity contribution in [2.24, 2.45) is 5.73 Å². The Bertz CT molecular complexity index is 2980. The van der Waals surface area contributed by atoms with Crippen LogP contribution in [-0.2, 0) is 48.4 Å². The molecule has 6 aromatic rings. The number of halogens is 2. The van der Waals surface area contributed by atoms with Gasteiger partial charge < -0.3 is 45.7 Å². The molecule has 2 aliphatic rings. The summed E-state index contributed by atoms with van der Waals surface area (Å²) in [5.74, 6) is -2.05. The topological polar surface area (TPSA) is 229 Å². The second-order valence-electron chi connectivity index (χ2n) is 19.5. The Hall–Kier alpha value is -6.86. The zero-order valence-corrected chi connectivity index (χ0v) is 43.7. The van der Waals surface area contributed by atoms with Gasteiger partial charge in [0, 0.05) is 63.4 Å².